The van der Waals surface area contributed by atoms with E-state index in [0.717, 1.165) is 10.8 Å². The van der Waals surface area contributed by atoms with E-state index >= 15 is 0 Å². The molecule has 1 heterocycles. The molecule has 1 aromatic heterocycles. The monoisotopic (exact) mass is 167 g/mol. The molecule has 1 aromatic carbocycles. The number of nitrogens with zero attached hydrogens (tertiary/aromatic N) is 2. The molecule has 0 spiro atoms. The Labute approximate surface area is 76.5 Å². The number of fused-ring (bicyclic) bond motifs is 1. The average Bonchev–Trinajstić information content (AvgIpc) is 2.18. The Morgan fingerprint density at radius 2 is 2.00 bits per heavy atom. The molecule has 0 N–H and O–H groups in total. The van der Waals surface area contributed by atoms with Crippen molar-refractivity contribution in [3.63, 3.8) is 0 Å². The van der Waals surface area contributed by atoms with Crippen molar-refractivity contribution in [1.29, 1.82) is 5.26 Å². The summed E-state index contributed by atoms with van der Waals surface area (Å²) in [5.74, 6) is 0. The first-order chi connectivity index (χ1) is 6.40. The molecule has 1 radical (unpaired) electrons. The van der Waals surface area contributed by atoms with Gasteiger partial charge < -0.3 is 0 Å². The normalized spacial score (nSPS) is 9.77. The quantitative estimate of drug-likeness (QED) is 0.653. The van der Waals surface area contributed by atoms with Crippen LogP contribution in [-0.2, 0) is 0 Å². The molecule has 0 atom stereocenters. The molecular formula is C11H7N2. The number of hydrogen-bond donors (Lipinski definition) is 0. The SMILES string of the molecule is N#C[CH]c1cc2ccccc2cn1. The lowest BCUT2D eigenvalue weighted by Gasteiger charge is -1.97. The Hall–Kier alpha value is -1.88. The largest absolute Gasteiger partial charge is 0.259 e. The Bertz CT molecular complexity index is 469. The van der Waals surface area contributed by atoms with Crippen LogP contribution in [0.4, 0.5) is 0 Å². The van der Waals surface area contributed by atoms with Crippen molar-refractivity contribution in [3.05, 3.63) is 48.6 Å². The maximum Gasteiger partial charge on any atom is 0.110 e. The van der Waals surface area contributed by atoms with Gasteiger partial charge in [-0.25, -0.2) is 0 Å². The highest BCUT2D eigenvalue weighted by atomic mass is 14.7. The van der Waals surface area contributed by atoms with Crippen LogP contribution in [0, 0.1) is 17.8 Å². The second kappa shape index (κ2) is 3.24. The van der Waals surface area contributed by atoms with E-state index < -0.39 is 0 Å². The first kappa shape index (κ1) is 7.75. The molecule has 0 bridgehead atoms. The molecule has 2 nitrogen and oxygen atoms in total. The van der Waals surface area contributed by atoms with Gasteiger partial charge in [-0.1, -0.05) is 24.3 Å². The van der Waals surface area contributed by atoms with Crippen LogP contribution < -0.4 is 0 Å². The molecule has 2 heteroatoms. The van der Waals surface area contributed by atoms with Crippen molar-refractivity contribution in [2.75, 3.05) is 0 Å². The van der Waals surface area contributed by atoms with Gasteiger partial charge in [0.15, 0.2) is 0 Å². The molecule has 0 saturated heterocycles. The van der Waals surface area contributed by atoms with Gasteiger partial charge in [0.05, 0.1) is 11.8 Å². The van der Waals surface area contributed by atoms with Crippen LogP contribution in [0.5, 0.6) is 0 Å². The lowest BCUT2D eigenvalue weighted by atomic mass is 10.1. The molecule has 0 aliphatic rings. The maximum absolute atomic E-state index is 8.45. The number of pyridine rings is 1. The van der Waals surface area contributed by atoms with E-state index in [4.69, 9.17) is 5.26 Å². The van der Waals surface area contributed by atoms with Gasteiger partial charge in [-0.2, -0.15) is 5.26 Å². The van der Waals surface area contributed by atoms with Crippen molar-refractivity contribution in [2.24, 2.45) is 0 Å². The van der Waals surface area contributed by atoms with Gasteiger partial charge in [0.2, 0.25) is 0 Å². The fourth-order valence-corrected chi connectivity index (χ4v) is 1.25. The molecule has 0 aliphatic carbocycles. The Kier molecular flexibility index (Phi) is 1.93. The summed E-state index contributed by atoms with van der Waals surface area (Å²) in [6, 6.07) is 11.8. The minimum Gasteiger partial charge on any atom is -0.259 e. The third-order valence-electron chi connectivity index (χ3n) is 1.86. The molecule has 13 heavy (non-hydrogen) atoms. The van der Waals surface area contributed by atoms with E-state index in [-0.39, 0.29) is 0 Å². The lowest BCUT2D eigenvalue weighted by Crippen LogP contribution is -1.84. The molecule has 61 valence electrons. The van der Waals surface area contributed by atoms with E-state index in [0.29, 0.717) is 5.69 Å². The average molecular weight is 167 g/mol. The van der Waals surface area contributed by atoms with Gasteiger partial charge >= 0.3 is 0 Å². The standard InChI is InChI=1S/C11H7N2/c12-6-5-11-7-9-3-1-2-4-10(9)8-13-11/h1-5,7-8H. The van der Waals surface area contributed by atoms with Crippen molar-refractivity contribution < 1.29 is 0 Å². The fraction of sp³-hybridized carbons (Fsp3) is 0. The topological polar surface area (TPSA) is 36.7 Å². The third-order valence-corrected chi connectivity index (χ3v) is 1.86. The van der Waals surface area contributed by atoms with Crippen molar-refractivity contribution >= 4 is 10.8 Å². The zero-order valence-electron chi connectivity index (χ0n) is 6.94. The van der Waals surface area contributed by atoms with Crippen LogP contribution in [0.2, 0.25) is 0 Å². The summed E-state index contributed by atoms with van der Waals surface area (Å²) in [4.78, 5) is 4.12. The van der Waals surface area contributed by atoms with Gasteiger partial charge in [0.25, 0.3) is 0 Å². The first-order valence-electron chi connectivity index (χ1n) is 3.98. The van der Waals surface area contributed by atoms with Crippen LogP contribution in [0.15, 0.2) is 36.5 Å². The number of nitriles is 1. The van der Waals surface area contributed by atoms with E-state index in [9.17, 15) is 0 Å². The fourth-order valence-electron chi connectivity index (χ4n) is 1.25. The minimum absolute atomic E-state index is 0.709. The summed E-state index contributed by atoms with van der Waals surface area (Å²) in [7, 11) is 0. The number of benzene rings is 1. The van der Waals surface area contributed by atoms with Gasteiger partial charge in [0, 0.05) is 11.6 Å². The van der Waals surface area contributed by atoms with E-state index in [1.54, 1.807) is 6.20 Å². The molecule has 0 aliphatic heterocycles. The molecule has 0 saturated carbocycles. The van der Waals surface area contributed by atoms with E-state index in [2.05, 4.69) is 4.98 Å². The summed E-state index contributed by atoms with van der Waals surface area (Å²) >= 11 is 0. The van der Waals surface area contributed by atoms with E-state index in [1.165, 1.54) is 6.42 Å². The van der Waals surface area contributed by atoms with Gasteiger partial charge in [0.1, 0.15) is 6.42 Å². The van der Waals surface area contributed by atoms with Crippen molar-refractivity contribution in [1.82, 2.24) is 4.98 Å². The highest BCUT2D eigenvalue weighted by Gasteiger charge is 1.96. The summed E-state index contributed by atoms with van der Waals surface area (Å²) < 4.78 is 0. The van der Waals surface area contributed by atoms with Gasteiger partial charge in [-0.15, -0.1) is 0 Å². The van der Waals surface area contributed by atoms with Crippen LogP contribution in [0.25, 0.3) is 10.8 Å². The zero-order chi connectivity index (χ0) is 9.10. The predicted molar refractivity (Wildman–Crippen MR) is 50.8 cm³/mol. The minimum atomic E-state index is 0.709. The van der Waals surface area contributed by atoms with E-state index in [1.807, 2.05) is 36.4 Å². The number of rotatable bonds is 1. The maximum atomic E-state index is 8.45. The second-order valence-corrected chi connectivity index (χ2v) is 2.73. The second-order valence-electron chi connectivity index (χ2n) is 2.73. The Morgan fingerprint density at radius 3 is 2.77 bits per heavy atom. The Morgan fingerprint density at radius 1 is 1.23 bits per heavy atom. The highest BCUT2D eigenvalue weighted by molar-refractivity contribution is 5.82. The van der Waals surface area contributed by atoms with Crippen molar-refractivity contribution in [2.45, 2.75) is 0 Å². The summed E-state index contributed by atoms with van der Waals surface area (Å²) in [5, 5.41) is 10.7. The zero-order valence-corrected chi connectivity index (χ0v) is 6.94. The van der Waals surface area contributed by atoms with Crippen LogP contribution in [0.1, 0.15) is 5.69 Å². The molecule has 2 rings (SSSR count). The smallest absolute Gasteiger partial charge is 0.110 e. The molecule has 0 amide bonds. The van der Waals surface area contributed by atoms with Gasteiger partial charge in [-0.3, -0.25) is 4.98 Å². The number of aromatic nitrogens is 1. The third kappa shape index (κ3) is 1.50. The summed E-state index contributed by atoms with van der Waals surface area (Å²) in [6.45, 7) is 0. The van der Waals surface area contributed by atoms with Gasteiger partial charge in [-0.05, 0) is 11.5 Å². The molecule has 2 aromatic rings. The van der Waals surface area contributed by atoms with Crippen LogP contribution in [0.3, 0.4) is 0 Å². The predicted octanol–water partition coefficient (Wildman–Crippen LogP) is 2.31. The summed E-state index contributed by atoms with van der Waals surface area (Å²) in [6.07, 6.45) is 3.21. The summed E-state index contributed by atoms with van der Waals surface area (Å²) in [5.41, 5.74) is 0.709. The lowest BCUT2D eigenvalue weighted by molar-refractivity contribution is 1.26. The Balaban J connectivity index is 2.57. The first-order valence-corrected chi connectivity index (χ1v) is 3.98. The highest BCUT2D eigenvalue weighted by Crippen LogP contribution is 2.13. The molecule has 0 unspecified atom stereocenters. The van der Waals surface area contributed by atoms with Crippen molar-refractivity contribution in [3.8, 4) is 6.07 Å². The number of hydrogen-bond acceptors (Lipinski definition) is 2. The van der Waals surface area contributed by atoms with Crippen LogP contribution >= 0.6 is 0 Å². The van der Waals surface area contributed by atoms with Crippen LogP contribution in [-0.4, -0.2) is 4.98 Å². The molecular weight excluding hydrogens is 160 g/mol. The molecule has 0 fully saturated rings.